The third kappa shape index (κ3) is 3.44. The van der Waals surface area contributed by atoms with E-state index >= 15 is 0 Å². The van der Waals surface area contributed by atoms with Gasteiger partial charge in [-0.1, -0.05) is 12.1 Å². The maximum Gasteiger partial charge on any atom is 0.170 e. The zero-order chi connectivity index (χ0) is 20.3. The molecule has 148 valence electrons. The molecule has 5 heterocycles. The summed E-state index contributed by atoms with van der Waals surface area (Å²) in [5.74, 6) is 0.874. The topological polar surface area (TPSA) is 58.9 Å². The number of thiocarbonyl (C=S) groups is 1. The van der Waals surface area contributed by atoms with Crippen molar-refractivity contribution in [3.05, 3.63) is 109 Å². The van der Waals surface area contributed by atoms with Gasteiger partial charge in [-0.3, -0.25) is 9.97 Å². The van der Waals surface area contributed by atoms with Crippen LogP contribution < -0.4 is 5.32 Å². The molecule has 4 aromatic rings. The fraction of sp³-hybridized carbons (Fsp3) is 0.130. The Balaban J connectivity index is 1.60. The number of nitrogens with zero attached hydrogens (tertiary/aromatic N) is 5. The lowest BCUT2D eigenvalue weighted by molar-refractivity contribution is 0.302. The number of aromatic nitrogens is 4. The summed E-state index contributed by atoms with van der Waals surface area (Å²) in [6, 6.07) is 20.0. The van der Waals surface area contributed by atoms with Crippen molar-refractivity contribution >= 4 is 17.3 Å². The van der Waals surface area contributed by atoms with Crippen LogP contribution in [-0.4, -0.2) is 29.5 Å². The molecule has 0 radical (unpaired) electrons. The van der Waals surface area contributed by atoms with E-state index in [9.17, 15) is 0 Å². The Morgan fingerprint density at radius 3 is 2.40 bits per heavy atom. The SMILES string of the molecule is S=C1N[C@H](c2ccccn2)[C@@H](c2cccn2-c2ccccn2)N1Cc1ccncc1. The predicted molar refractivity (Wildman–Crippen MR) is 119 cm³/mol. The molecule has 1 aliphatic rings. The van der Waals surface area contributed by atoms with E-state index in [4.69, 9.17) is 12.2 Å². The van der Waals surface area contributed by atoms with E-state index in [0.717, 1.165) is 22.8 Å². The number of hydrogen-bond acceptors (Lipinski definition) is 4. The maximum absolute atomic E-state index is 5.77. The average Bonchev–Trinajstić information content (AvgIpc) is 3.40. The van der Waals surface area contributed by atoms with Gasteiger partial charge in [0.1, 0.15) is 5.82 Å². The molecule has 0 unspecified atom stereocenters. The molecule has 4 aromatic heterocycles. The molecule has 7 heteroatoms. The van der Waals surface area contributed by atoms with Gasteiger partial charge in [-0.15, -0.1) is 0 Å². The van der Waals surface area contributed by atoms with Crippen molar-refractivity contribution in [2.45, 2.75) is 18.6 Å². The van der Waals surface area contributed by atoms with E-state index in [2.05, 4.69) is 35.8 Å². The first-order valence-electron chi connectivity index (χ1n) is 9.77. The van der Waals surface area contributed by atoms with E-state index in [0.29, 0.717) is 11.7 Å². The second-order valence-electron chi connectivity index (χ2n) is 7.10. The second kappa shape index (κ2) is 8.04. The molecule has 5 rings (SSSR count). The highest BCUT2D eigenvalue weighted by Gasteiger charge is 2.41. The van der Waals surface area contributed by atoms with Crippen LogP contribution in [0.25, 0.3) is 5.82 Å². The van der Waals surface area contributed by atoms with Crippen LogP contribution in [0.2, 0.25) is 0 Å². The molecule has 1 aliphatic heterocycles. The van der Waals surface area contributed by atoms with Crippen LogP contribution >= 0.6 is 12.2 Å². The van der Waals surface area contributed by atoms with Crippen LogP contribution in [0.4, 0.5) is 0 Å². The van der Waals surface area contributed by atoms with Crippen molar-refractivity contribution in [2.75, 3.05) is 0 Å². The molecule has 0 bridgehead atoms. The summed E-state index contributed by atoms with van der Waals surface area (Å²) in [5.41, 5.74) is 3.21. The summed E-state index contributed by atoms with van der Waals surface area (Å²) in [6.07, 6.45) is 9.29. The van der Waals surface area contributed by atoms with Gasteiger partial charge in [0.2, 0.25) is 0 Å². The molecule has 0 saturated carbocycles. The zero-order valence-electron chi connectivity index (χ0n) is 16.2. The first-order valence-corrected chi connectivity index (χ1v) is 10.2. The lowest BCUT2D eigenvalue weighted by Gasteiger charge is -2.28. The average molecular weight is 413 g/mol. The highest BCUT2D eigenvalue weighted by atomic mass is 32.1. The molecule has 1 fully saturated rings. The van der Waals surface area contributed by atoms with E-state index in [1.165, 1.54) is 0 Å². The first kappa shape index (κ1) is 18.4. The van der Waals surface area contributed by atoms with Crippen molar-refractivity contribution in [3.63, 3.8) is 0 Å². The molecule has 0 aliphatic carbocycles. The fourth-order valence-electron chi connectivity index (χ4n) is 3.92. The molecule has 0 aromatic carbocycles. The van der Waals surface area contributed by atoms with Gasteiger partial charge < -0.3 is 14.8 Å². The number of rotatable bonds is 5. The van der Waals surface area contributed by atoms with Gasteiger partial charge in [0.25, 0.3) is 0 Å². The minimum absolute atomic E-state index is 0.0439. The second-order valence-corrected chi connectivity index (χ2v) is 7.49. The predicted octanol–water partition coefficient (Wildman–Crippen LogP) is 3.84. The van der Waals surface area contributed by atoms with Crippen LogP contribution in [0.1, 0.15) is 29.0 Å². The van der Waals surface area contributed by atoms with Gasteiger partial charge >= 0.3 is 0 Å². The fourth-order valence-corrected chi connectivity index (χ4v) is 4.23. The Morgan fingerprint density at radius 1 is 0.867 bits per heavy atom. The molecule has 2 atom stereocenters. The monoisotopic (exact) mass is 412 g/mol. The largest absolute Gasteiger partial charge is 0.352 e. The summed E-state index contributed by atoms with van der Waals surface area (Å²) >= 11 is 5.77. The molecule has 0 amide bonds. The standard InChI is InChI=1S/C23H20N6S/c30-23-27-21(18-6-1-3-11-25-18)22(29(23)16-17-9-13-24-14-10-17)19-7-5-15-28(19)20-8-2-4-12-26-20/h1-15,21-22H,16H2,(H,27,30)/t21-,22-/m1/s1. The van der Waals surface area contributed by atoms with Gasteiger partial charge in [0, 0.05) is 43.2 Å². The van der Waals surface area contributed by atoms with Crippen molar-refractivity contribution in [1.29, 1.82) is 0 Å². The normalized spacial score (nSPS) is 18.4. The number of hydrogen-bond donors (Lipinski definition) is 1. The van der Waals surface area contributed by atoms with Gasteiger partial charge in [-0.2, -0.15) is 0 Å². The Kier molecular flexibility index (Phi) is 4.94. The van der Waals surface area contributed by atoms with Crippen molar-refractivity contribution < 1.29 is 0 Å². The summed E-state index contributed by atoms with van der Waals surface area (Å²) < 4.78 is 2.12. The van der Waals surface area contributed by atoms with Gasteiger partial charge in [-0.05, 0) is 66.3 Å². The molecular weight excluding hydrogens is 392 g/mol. The third-order valence-corrected chi connectivity index (χ3v) is 5.63. The summed E-state index contributed by atoms with van der Waals surface area (Å²) in [7, 11) is 0. The first-order chi connectivity index (χ1) is 14.8. The zero-order valence-corrected chi connectivity index (χ0v) is 17.0. The third-order valence-electron chi connectivity index (χ3n) is 5.28. The number of pyridine rings is 3. The van der Waals surface area contributed by atoms with E-state index in [-0.39, 0.29) is 12.1 Å². The minimum Gasteiger partial charge on any atom is -0.352 e. The van der Waals surface area contributed by atoms with Crippen LogP contribution in [0, 0.1) is 0 Å². The molecule has 30 heavy (non-hydrogen) atoms. The van der Waals surface area contributed by atoms with Crippen molar-refractivity contribution in [3.8, 4) is 5.82 Å². The Bertz CT molecular complexity index is 1130. The van der Waals surface area contributed by atoms with Crippen LogP contribution in [0.3, 0.4) is 0 Å². The van der Waals surface area contributed by atoms with Crippen LogP contribution in [0.15, 0.2) is 91.6 Å². The van der Waals surface area contributed by atoms with Crippen LogP contribution in [-0.2, 0) is 6.54 Å². The van der Waals surface area contributed by atoms with Crippen LogP contribution in [0.5, 0.6) is 0 Å². The van der Waals surface area contributed by atoms with Crippen molar-refractivity contribution in [2.24, 2.45) is 0 Å². The number of nitrogens with one attached hydrogen (secondary N) is 1. The maximum atomic E-state index is 5.77. The molecule has 1 N–H and O–H groups in total. The highest BCUT2D eigenvalue weighted by molar-refractivity contribution is 7.80. The van der Waals surface area contributed by atoms with Gasteiger partial charge in [-0.25, -0.2) is 4.98 Å². The highest BCUT2D eigenvalue weighted by Crippen LogP contribution is 2.40. The van der Waals surface area contributed by atoms with Crippen molar-refractivity contribution in [1.82, 2.24) is 29.7 Å². The quantitative estimate of drug-likeness (QED) is 0.503. The lowest BCUT2D eigenvalue weighted by atomic mass is 10.0. The molecular formula is C23H20N6S. The molecule has 1 saturated heterocycles. The van der Waals surface area contributed by atoms with Gasteiger partial charge in [0.05, 0.1) is 17.8 Å². The molecule has 0 spiro atoms. The minimum atomic E-state index is -0.0714. The summed E-state index contributed by atoms with van der Waals surface area (Å²) in [4.78, 5) is 15.5. The Hall–Kier alpha value is -3.58. The Morgan fingerprint density at radius 2 is 1.67 bits per heavy atom. The smallest absolute Gasteiger partial charge is 0.170 e. The van der Waals surface area contributed by atoms with E-state index in [1.807, 2.05) is 85.6 Å². The Labute approximate surface area is 180 Å². The lowest BCUT2D eigenvalue weighted by Crippen LogP contribution is -2.30. The van der Waals surface area contributed by atoms with Gasteiger partial charge in [0.15, 0.2) is 5.11 Å². The molecule has 6 nitrogen and oxygen atoms in total. The summed E-state index contributed by atoms with van der Waals surface area (Å²) in [5, 5.41) is 4.21. The van der Waals surface area contributed by atoms with E-state index < -0.39 is 0 Å². The van der Waals surface area contributed by atoms with E-state index in [1.54, 1.807) is 0 Å². The summed E-state index contributed by atoms with van der Waals surface area (Å²) in [6.45, 7) is 0.676.